The van der Waals surface area contributed by atoms with Gasteiger partial charge in [-0.15, -0.1) is 0 Å². The van der Waals surface area contributed by atoms with Crippen molar-refractivity contribution < 1.29 is 4.79 Å². The van der Waals surface area contributed by atoms with Crippen LogP contribution in [0.25, 0.3) is 0 Å². The van der Waals surface area contributed by atoms with Crippen LogP contribution in [0.3, 0.4) is 0 Å². The van der Waals surface area contributed by atoms with Crippen LogP contribution in [0.15, 0.2) is 18.3 Å². The van der Waals surface area contributed by atoms with Gasteiger partial charge in [0.05, 0.1) is 17.9 Å². The summed E-state index contributed by atoms with van der Waals surface area (Å²) in [7, 11) is 0. The maximum absolute atomic E-state index is 12.3. The zero-order valence-electron chi connectivity index (χ0n) is 12.4. The van der Waals surface area contributed by atoms with Gasteiger partial charge in [-0.25, -0.2) is 4.98 Å². The molecule has 5 nitrogen and oxygen atoms in total. The minimum Gasteiger partial charge on any atom is -0.350 e. The van der Waals surface area contributed by atoms with Crippen molar-refractivity contribution in [3.63, 3.8) is 0 Å². The zero-order chi connectivity index (χ0) is 14.8. The van der Waals surface area contributed by atoms with Crippen LogP contribution in [0.4, 0.5) is 0 Å². The summed E-state index contributed by atoms with van der Waals surface area (Å²) in [6.45, 7) is 4.47. The molecule has 1 aliphatic rings. The summed E-state index contributed by atoms with van der Waals surface area (Å²) in [4.78, 5) is 24.3. The third-order valence-electron chi connectivity index (χ3n) is 3.95. The SMILES string of the molecule is Cc1ccnc(CNC(=O)C2CCc3nc(C)[nH]c3C2)c1. The van der Waals surface area contributed by atoms with E-state index >= 15 is 0 Å². The summed E-state index contributed by atoms with van der Waals surface area (Å²) >= 11 is 0. The topological polar surface area (TPSA) is 70.7 Å². The molecule has 0 radical (unpaired) electrons. The molecule has 2 N–H and O–H groups in total. The van der Waals surface area contributed by atoms with Crippen molar-refractivity contribution in [3.8, 4) is 0 Å². The van der Waals surface area contributed by atoms with Crippen molar-refractivity contribution in [1.29, 1.82) is 0 Å². The second-order valence-electron chi connectivity index (χ2n) is 5.73. The lowest BCUT2D eigenvalue weighted by molar-refractivity contribution is -0.125. The van der Waals surface area contributed by atoms with Gasteiger partial charge >= 0.3 is 0 Å². The lowest BCUT2D eigenvalue weighted by Gasteiger charge is -2.20. The van der Waals surface area contributed by atoms with E-state index in [1.165, 1.54) is 0 Å². The van der Waals surface area contributed by atoms with Gasteiger partial charge < -0.3 is 10.3 Å². The summed E-state index contributed by atoms with van der Waals surface area (Å²) in [5.41, 5.74) is 4.30. The summed E-state index contributed by atoms with van der Waals surface area (Å²) in [6.07, 6.45) is 4.27. The van der Waals surface area contributed by atoms with E-state index in [0.717, 1.165) is 47.7 Å². The number of H-pyrrole nitrogens is 1. The molecule has 0 aromatic carbocycles. The number of aromatic nitrogens is 3. The van der Waals surface area contributed by atoms with Crippen LogP contribution in [0.1, 0.15) is 34.9 Å². The van der Waals surface area contributed by atoms with Crippen molar-refractivity contribution in [2.45, 2.75) is 39.7 Å². The van der Waals surface area contributed by atoms with E-state index < -0.39 is 0 Å². The largest absolute Gasteiger partial charge is 0.350 e. The number of hydrogen-bond donors (Lipinski definition) is 2. The quantitative estimate of drug-likeness (QED) is 0.903. The molecule has 0 spiro atoms. The number of aromatic amines is 1. The Kier molecular flexibility index (Phi) is 3.73. The Balaban J connectivity index is 1.59. The lowest BCUT2D eigenvalue weighted by atomic mass is 9.89. The van der Waals surface area contributed by atoms with Crippen LogP contribution < -0.4 is 5.32 Å². The van der Waals surface area contributed by atoms with Crippen LogP contribution in [0.2, 0.25) is 0 Å². The zero-order valence-corrected chi connectivity index (χ0v) is 12.4. The first-order valence-corrected chi connectivity index (χ1v) is 7.35. The molecule has 0 fully saturated rings. The van der Waals surface area contributed by atoms with Gasteiger partial charge in [0.1, 0.15) is 5.82 Å². The predicted octanol–water partition coefficient (Wildman–Crippen LogP) is 1.84. The Morgan fingerprint density at radius 1 is 1.48 bits per heavy atom. The van der Waals surface area contributed by atoms with Crippen molar-refractivity contribution >= 4 is 5.91 Å². The molecule has 0 saturated carbocycles. The maximum atomic E-state index is 12.3. The number of nitrogens with zero attached hydrogens (tertiary/aromatic N) is 2. The Bertz CT molecular complexity index is 662. The number of fused-ring (bicyclic) bond motifs is 1. The number of carbonyl (C=O) groups excluding carboxylic acids is 1. The second-order valence-corrected chi connectivity index (χ2v) is 5.73. The van der Waals surface area contributed by atoms with Crippen molar-refractivity contribution in [1.82, 2.24) is 20.3 Å². The van der Waals surface area contributed by atoms with E-state index in [1.807, 2.05) is 26.0 Å². The van der Waals surface area contributed by atoms with Gasteiger partial charge in [0.15, 0.2) is 0 Å². The highest BCUT2D eigenvalue weighted by Gasteiger charge is 2.26. The summed E-state index contributed by atoms with van der Waals surface area (Å²) < 4.78 is 0. The van der Waals surface area contributed by atoms with Gasteiger partial charge in [-0.1, -0.05) is 0 Å². The molecule has 2 heterocycles. The molecule has 0 aliphatic heterocycles. The fraction of sp³-hybridized carbons (Fsp3) is 0.438. The normalized spacial score (nSPS) is 17.3. The monoisotopic (exact) mass is 284 g/mol. The highest BCUT2D eigenvalue weighted by molar-refractivity contribution is 5.79. The first-order valence-electron chi connectivity index (χ1n) is 7.35. The van der Waals surface area contributed by atoms with Crippen molar-refractivity contribution in [2.24, 2.45) is 5.92 Å². The number of nitrogens with one attached hydrogen (secondary N) is 2. The van der Waals surface area contributed by atoms with Crippen LogP contribution in [0.5, 0.6) is 0 Å². The molecular weight excluding hydrogens is 264 g/mol. The Morgan fingerprint density at radius 3 is 3.14 bits per heavy atom. The van der Waals surface area contributed by atoms with Crippen LogP contribution in [0, 0.1) is 19.8 Å². The first kappa shape index (κ1) is 13.8. The fourth-order valence-electron chi connectivity index (χ4n) is 2.86. The summed E-state index contributed by atoms with van der Waals surface area (Å²) in [5, 5.41) is 3.00. The highest BCUT2D eigenvalue weighted by Crippen LogP contribution is 2.24. The molecule has 2 aromatic heterocycles. The van der Waals surface area contributed by atoms with Gasteiger partial charge in [0.25, 0.3) is 0 Å². The molecule has 2 aromatic rings. The highest BCUT2D eigenvalue weighted by atomic mass is 16.1. The van der Waals surface area contributed by atoms with Crippen molar-refractivity contribution in [3.05, 3.63) is 46.8 Å². The lowest BCUT2D eigenvalue weighted by Crippen LogP contribution is -2.34. The van der Waals surface area contributed by atoms with Crippen LogP contribution >= 0.6 is 0 Å². The number of imidazole rings is 1. The Labute approximate surface area is 124 Å². The van der Waals surface area contributed by atoms with E-state index in [2.05, 4.69) is 20.3 Å². The van der Waals surface area contributed by atoms with Gasteiger partial charge in [-0.05, 0) is 44.4 Å². The average molecular weight is 284 g/mol. The van der Waals surface area contributed by atoms with E-state index in [0.29, 0.717) is 6.54 Å². The number of rotatable bonds is 3. The predicted molar refractivity (Wildman–Crippen MR) is 79.7 cm³/mol. The van der Waals surface area contributed by atoms with E-state index in [-0.39, 0.29) is 11.8 Å². The van der Waals surface area contributed by atoms with Crippen LogP contribution in [-0.2, 0) is 24.2 Å². The minimum absolute atomic E-state index is 0.0298. The van der Waals surface area contributed by atoms with Gasteiger partial charge in [0.2, 0.25) is 5.91 Å². The first-order chi connectivity index (χ1) is 10.1. The molecule has 1 atom stereocenters. The fourth-order valence-corrected chi connectivity index (χ4v) is 2.86. The summed E-state index contributed by atoms with van der Waals surface area (Å²) in [5.74, 6) is 1.07. The average Bonchev–Trinajstić information content (AvgIpc) is 2.84. The molecule has 110 valence electrons. The minimum atomic E-state index is 0.0298. The number of carbonyl (C=O) groups is 1. The number of pyridine rings is 1. The third kappa shape index (κ3) is 3.12. The molecule has 21 heavy (non-hydrogen) atoms. The Hall–Kier alpha value is -2.17. The van der Waals surface area contributed by atoms with E-state index in [1.54, 1.807) is 6.20 Å². The van der Waals surface area contributed by atoms with Crippen LogP contribution in [-0.4, -0.2) is 20.9 Å². The number of hydrogen-bond acceptors (Lipinski definition) is 3. The molecular formula is C16H20N4O. The number of amides is 1. The van der Waals surface area contributed by atoms with Gasteiger partial charge in [0, 0.05) is 24.2 Å². The second kappa shape index (κ2) is 5.68. The molecule has 0 saturated heterocycles. The van der Waals surface area contributed by atoms with E-state index in [9.17, 15) is 4.79 Å². The smallest absolute Gasteiger partial charge is 0.223 e. The van der Waals surface area contributed by atoms with Gasteiger partial charge in [-0.2, -0.15) is 0 Å². The Morgan fingerprint density at radius 2 is 2.33 bits per heavy atom. The van der Waals surface area contributed by atoms with Crippen molar-refractivity contribution in [2.75, 3.05) is 0 Å². The summed E-state index contributed by atoms with van der Waals surface area (Å²) in [6, 6.07) is 3.95. The maximum Gasteiger partial charge on any atom is 0.223 e. The molecule has 1 aliphatic carbocycles. The standard InChI is InChI=1S/C16H20N4O/c1-10-5-6-17-13(7-10)9-18-16(21)12-3-4-14-15(8-12)20-11(2)19-14/h5-7,12H,3-4,8-9H2,1-2H3,(H,18,21)(H,19,20). The number of aryl methyl sites for hydroxylation is 3. The third-order valence-corrected chi connectivity index (χ3v) is 3.95. The molecule has 1 amide bonds. The van der Waals surface area contributed by atoms with Gasteiger partial charge in [-0.3, -0.25) is 9.78 Å². The van der Waals surface area contributed by atoms with E-state index in [4.69, 9.17) is 0 Å². The molecule has 1 unspecified atom stereocenters. The molecule has 5 heteroatoms. The molecule has 0 bridgehead atoms. The molecule has 3 rings (SSSR count).